The fourth-order valence-corrected chi connectivity index (χ4v) is 5.21. The normalized spacial score (nSPS) is 27.8. The van der Waals surface area contributed by atoms with E-state index < -0.39 is 10.8 Å². The Morgan fingerprint density at radius 2 is 2.25 bits per heavy atom. The van der Waals surface area contributed by atoms with Gasteiger partial charge >= 0.3 is 0 Å². The molecule has 0 radical (unpaired) electrons. The molecule has 3 unspecified atom stereocenters. The summed E-state index contributed by atoms with van der Waals surface area (Å²) in [7, 11) is -1.23. The lowest BCUT2D eigenvalue weighted by molar-refractivity contribution is 0.518. The average Bonchev–Trinajstić information content (AvgIpc) is 2.90. The Labute approximate surface area is 126 Å². The molecule has 2 aromatic heterocycles. The van der Waals surface area contributed by atoms with Crippen LogP contribution in [-0.2, 0) is 10.8 Å². The lowest BCUT2D eigenvalue weighted by atomic mass is 10.1. The summed E-state index contributed by atoms with van der Waals surface area (Å²) in [5, 5.41) is 1.16. The van der Waals surface area contributed by atoms with Crippen LogP contribution in [0.25, 0.3) is 11.0 Å². The highest BCUT2D eigenvalue weighted by Crippen LogP contribution is 2.38. The van der Waals surface area contributed by atoms with Crippen LogP contribution < -0.4 is 5.56 Å². The fourth-order valence-electron chi connectivity index (χ4n) is 3.28. The lowest BCUT2D eigenvalue weighted by Gasteiger charge is -2.19. The summed E-state index contributed by atoms with van der Waals surface area (Å²) in [6.07, 6.45) is 4.41. The van der Waals surface area contributed by atoms with Crippen LogP contribution >= 0.6 is 15.9 Å². The number of fused-ring (bicyclic) bond motifs is 3. The van der Waals surface area contributed by atoms with Crippen molar-refractivity contribution in [1.82, 2.24) is 14.5 Å². The SMILES string of the molecule is Cc1c(Br)c(=O)n2c3nc(ncc13)S(=O)C1CCCC12. The van der Waals surface area contributed by atoms with Gasteiger partial charge in [-0.3, -0.25) is 13.6 Å². The first-order chi connectivity index (χ1) is 9.59. The Kier molecular flexibility index (Phi) is 2.66. The highest BCUT2D eigenvalue weighted by atomic mass is 79.9. The van der Waals surface area contributed by atoms with Crippen molar-refractivity contribution in [1.29, 1.82) is 0 Å². The molecule has 0 aromatic carbocycles. The molecule has 0 amide bonds. The first-order valence-corrected chi connectivity index (χ1v) is 8.58. The Morgan fingerprint density at radius 3 is 3.05 bits per heavy atom. The fraction of sp³-hybridized carbons (Fsp3) is 0.462. The van der Waals surface area contributed by atoms with E-state index in [1.165, 1.54) is 0 Å². The van der Waals surface area contributed by atoms with Crippen LogP contribution in [0.15, 0.2) is 20.6 Å². The smallest absolute Gasteiger partial charge is 0.267 e. The summed E-state index contributed by atoms with van der Waals surface area (Å²) in [6.45, 7) is 1.88. The van der Waals surface area contributed by atoms with Crippen molar-refractivity contribution in [3.05, 3.63) is 26.6 Å². The number of pyridine rings is 1. The second-order valence-corrected chi connectivity index (χ2v) is 7.70. The van der Waals surface area contributed by atoms with Crippen molar-refractivity contribution in [2.24, 2.45) is 0 Å². The molecule has 3 heterocycles. The summed E-state index contributed by atoms with van der Waals surface area (Å²) in [5.41, 5.74) is 1.40. The molecule has 0 saturated heterocycles. The van der Waals surface area contributed by atoms with E-state index in [9.17, 15) is 9.00 Å². The van der Waals surface area contributed by atoms with E-state index in [2.05, 4.69) is 25.9 Å². The molecule has 4 rings (SSSR count). The topological polar surface area (TPSA) is 64.8 Å². The molecule has 1 fully saturated rings. The third-order valence-electron chi connectivity index (χ3n) is 4.32. The molecule has 0 N–H and O–H groups in total. The maximum atomic E-state index is 12.6. The number of hydrogen-bond donors (Lipinski definition) is 0. The van der Waals surface area contributed by atoms with E-state index in [0.29, 0.717) is 15.3 Å². The van der Waals surface area contributed by atoms with Crippen molar-refractivity contribution in [2.45, 2.75) is 42.6 Å². The Bertz CT molecular complexity index is 832. The Hall–Kier alpha value is -1.08. The Morgan fingerprint density at radius 1 is 1.45 bits per heavy atom. The van der Waals surface area contributed by atoms with Gasteiger partial charge in [-0.25, -0.2) is 9.97 Å². The molecule has 0 spiro atoms. The molecule has 1 aliphatic carbocycles. The quantitative estimate of drug-likeness (QED) is 0.680. The van der Waals surface area contributed by atoms with E-state index in [0.717, 1.165) is 30.2 Å². The molecule has 2 aliphatic rings. The summed E-state index contributed by atoms with van der Waals surface area (Å²) >= 11 is 3.39. The van der Waals surface area contributed by atoms with Gasteiger partial charge in [-0.1, -0.05) is 6.42 Å². The molecule has 20 heavy (non-hydrogen) atoms. The summed E-state index contributed by atoms with van der Waals surface area (Å²) in [5.74, 6) is 0. The Balaban J connectivity index is 2.21. The molecule has 5 nitrogen and oxygen atoms in total. The van der Waals surface area contributed by atoms with E-state index in [-0.39, 0.29) is 16.9 Å². The van der Waals surface area contributed by atoms with Gasteiger partial charge in [0, 0.05) is 11.6 Å². The van der Waals surface area contributed by atoms with Gasteiger partial charge in [-0.05, 0) is 41.3 Å². The van der Waals surface area contributed by atoms with Crippen molar-refractivity contribution in [3.63, 3.8) is 0 Å². The highest BCUT2D eigenvalue weighted by Gasteiger charge is 2.39. The van der Waals surface area contributed by atoms with Gasteiger partial charge in [-0.2, -0.15) is 0 Å². The summed E-state index contributed by atoms with van der Waals surface area (Å²) in [4.78, 5) is 21.3. The summed E-state index contributed by atoms with van der Waals surface area (Å²) in [6, 6.07) is -0.0306. The zero-order valence-corrected chi connectivity index (χ0v) is 13.2. The predicted molar refractivity (Wildman–Crippen MR) is 79.3 cm³/mol. The van der Waals surface area contributed by atoms with E-state index in [1.807, 2.05) is 6.92 Å². The first kappa shape index (κ1) is 12.6. The zero-order chi connectivity index (χ0) is 14.0. The van der Waals surface area contributed by atoms with E-state index in [4.69, 9.17) is 0 Å². The van der Waals surface area contributed by atoms with Crippen LogP contribution in [0.3, 0.4) is 0 Å². The lowest BCUT2D eigenvalue weighted by Crippen LogP contribution is -2.31. The third-order valence-corrected chi connectivity index (χ3v) is 6.91. The van der Waals surface area contributed by atoms with Crippen LogP contribution in [0, 0.1) is 6.92 Å². The second-order valence-electron chi connectivity index (χ2n) is 5.34. The molecule has 2 aromatic rings. The van der Waals surface area contributed by atoms with Crippen LogP contribution in [-0.4, -0.2) is 24.0 Å². The maximum absolute atomic E-state index is 12.6. The minimum Gasteiger partial charge on any atom is -0.287 e. The molecule has 2 bridgehead atoms. The molecule has 7 heteroatoms. The van der Waals surface area contributed by atoms with Gasteiger partial charge in [0.05, 0.1) is 26.6 Å². The molecular formula is C13H12BrN3O2S. The van der Waals surface area contributed by atoms with Gasteiger partial charge in [0.15, 0.2) is 0 Å². The number of rotatable bonds is 0. The highest BCUT2D eigenvalue weighted by molar-refractivity contribution is 9.10. The van der Waals surface area contributed by atoms with E-state index in [1.54, 1.807) is 10.8 Å². The second kappa shape index (κ2) is 4.21. The number of hydrogen-bond acceptors (Lipinski definition) is 4. The average molecular weight is 354 g/mol. The standard InChI is InChI=1S/C13H12BrN3O2S/c1-6-7-5-15-13-16-11(7)17(12(18)10(6)14)8-3-2-4-9(8)20(13)19/h5,8-9H,2-4H2,1H3. The minimum absolute atomic E-state index is 0.0306. The molecule has 3 atom stereocenters. The van der Waals surface area contributed by atoms with Crippen LogP contribution in [0.2, 0.25) is 0 Å². The van der Waals surface area contributed by atoms with Gasteiger partial charge in [0.1, 0.15) is 5.65 Å². The van der Waals surface area contributed by atoms with E-state index >= 15 is 0 Å². The van der Waals surface area contributed by atoms with Gasteiger partial charge < -0.3 is 0 Å². The summed E-state index contributed by atoms with van der Waals surface area (Å²) < 4.78 is 14.9. The molecule has 104 valence electrons. The van der Waals surface area contributed by atoms with Crippen molar-refractivity contribution in [2.75, 3.05) is 0 Å². The number of aryl methyl sites for hydroxylation is 1. The van der Waals surface area contributed by atoms with Crippen LogP contribution in [0.1, 0.15) is 30.9 Å². The number of halogens is 1. The van der Waals surface area contributed by atoms with Gasteiger partial charge in [0.25, 0.3) is 5.56 Å². The molecule has 1 aliphatic heterocycles. The van der Waals surface area contributed by atoms with Crippen LogP contribution in [0.5, 0.6) is 0 Å². The number of aromatic nitrogens is 3. The predicted octanol–water partition coefficient (Wildman–Crippen LogP) is 2.08. The van der Waals surface area contributed by atoms with Crippen LogP contribution in [0.4, 0.5) is 0 Å². The minimum atomic E-state index is -1.23. The maximum Gasteiger partial charge on any atom is 0.267 e. The van der Waals surface area contributed by atoms with Crippen molar-refractivity contribution in [3.8, 4) is 0 Å². The van der Waals surface area contributed by atoms with Crippen molar-refractivity contribution >= 4 is 37.8 Å². The van der Waals surface area contributed by atoms with Gasteiger partial charge in [-0.15, -0.1) is 0 Å². The van der Waals surface area contributed by atoms with Gasteiger partial charge in [0.2, 0.25) is 5.16 Å². The van der Waals surface area contributed by atoms with Crippen molar-refractivity contribution < 1.29 is 4.21 Å². The zero-order valence-electron chi connectivity index (χ0n) is 10.8. The largest absolute Gasteiger partial charge is 0.287 e. The first-order valence-electron chi connectivity index (χ1n) is 6.57. The molecular weight excluding hydrogens is 342 g/mol. The monoisotopic (exact) mass is 353 g/mol. The number of nitrogens with zero attached hydrogens (tertiary/aromatic N) is 3. The molecule has 1 saturated carbocycles. The third kappa shape index (κ3) is 1.47.